The molecule has 1 aromatic heterocycles. The second-order valence-corrected chi connectivity index (χ2v) is 4.27. The highest BCUT2D eigenvalue weighted by molar-refractivity contribution is 5.85. The molecule has 1 aromatic rings. The van der Waals surface area contributed by atoms with Crippen LogP contribution in [0.4, 0.5) is 0 Å². The fourth-order valence-corrected chi connectivity index (χ4v) is 2.20. The van der Waals surface area contributed by atoms with Crippen molar-refractivity contribution in [2.45, 2.75) is 25.4 Å². The molecule has 17 heavy (non-hydrogen) atoms. The van der Waals surface area contributed by atoms with E-state index in [1.807, 2.05) is 6.07 Å². The third-order valence-corrected chi connectivity index (χ3v) is 3.10. The van der Waals surface area contributed by atoms with Crippen molar-refractivity contribution >= 4 is 5.97 Å². The average molecular weight is 236 g/mol. The monoisotopic (exact) mass is 236 g/mol. The maximum atomic E-state index is 10.8. The van der Waals surface area contributed by atoms with Gasteiger partial charge < -0.3 is 10.2 Å². The fraction of sp³-hybridized carbons (Fsp3) is 0.500. The van der Waals surface area contributed by atoms with E-state index in [-0.39, 0.29) is 18.3 Å². The molecule has 0 spiro atoms. The second kappa shape index (κ2) is 5.25. The summed E-state index contributed by atoms with van der Waals surface area (Å²) in [6.45, 7) is 1.69. The van der Waals surface area contributed by atoms with Gasteiger partial charge in [-0.15, -0.1) is 0 Å². The minimum atomic E-state index is -1.01. The van der Waals surface area contributed by atoms with Crippen LogP contribution in [0.15, 0.2) is 18.2 Å². The normalized spacial score (nSPS) is 20.6. The summed E-state index contributed by atoms with van der Waals surface area (Å²) in [6.07, 6.45) is 2.07. The third-order valence-electron chi connectivity index (χ3n) is 3.10. The van der Waals surface area contributed by atoms with E-state index < -0.39 is 5.97 Å². The number of pyridine rings is 1. The first-order valence-electron chi connectivity index (χ1n) is 5.75. The maximum Gasteiger partial charge on any atom is 0.354 e. The Bertz CT molecular complexity index is 408. The summed E-state index contributed by atoms with van der Waals surface area (Å²) < 4.78 is 0. The number of aromatic nitrogens is 1. The number of aromatic carboxylic acids is 1. The number of aliphatic hydroxyl groups excluding tert-OH is 1. The van der Waals surface area contributed by atoms with Gasteiger partial charge in [-0.05, 0) is 31.5 Å². The van der Waals surface area contributed by atoms with Crippen molar-refractivity contribution < 1.29 is 15.0 Å². The predicted molar refractivity (Wildman–Crippen MR) is 61.7 cm³/mol. The first kappa shape index (κ1) is 12.0. The number of carboxylic acid groups (broad SMARTS) is 1. The van der Waals surface area contributed by atoms with Crippen LogP contribution in [0.2, 0.25) is 0 Å². The van der Waals surface area contributed by atoms with E-state index in [0.29, 0.717) is 6.54 Å². The van der Waals surface area contributed by atoms with E-state index in [9.17, 15) is 9.90 Å². The van der Waals surface area contributed by atoms with Crippen molar-refractivity contribution in [3.05, 3.63) is 29.6 Å². The van der Waals surface area contributed by atoms with E-state index in [1.165, 1.54) is 6.07 Å². The van der Waals surface area contributed by atoms with E-state index in [4.69, 9.17) is 5.11 Å². The molecule has 0 amide bonds. The lowest BCUT2D eigenvalue weighted by Crippen LogP contribution is -2.32. The Morgan fingerprint density at radius 2 is 2.35 bits per heavy atom. The largest absolute Gasteiger partial charge is 0.477 e. The van der Waals surface area contributed by atoms with E-state index in [1.54, 1.807) is 6.07 Å². The molecule has 0 bridgehead atoms. The lowest BCUT2D eigenvalue weighted by Gasteiger charge is -2.22. The van der Waals surface area contributed by atoms with Crippen LogP contribution in [0.25, 0.3) is 0 Å². The van der Waals surface area contributed by atoms with Crippen molar-refractivity contribution in [1.29, 1.82) is 0 Å². The smallest absolute Gasteiger partial charge is 0.354 e. The first-order chi connectivity index (χ1) is 8.20. The zero-order valence-electron chi connectivity index (χ0n) is 9.54. The van der Waals surface area contributed by atoms with Crippen LogP contribution in [0.1, 0.15) is 29.0 Å². The molecule has 2 heterocycles. The van der Waals surface area contributed by atoms with Gasteiger partial charge in [0, 0.05) is 12.6 Å². The number of nitrogens with zero attached hydrogens (tertiary/aromatic N) is 2. The number of carboxylic acids is 1. The molecule has 0 saturated carbocycles. The molecule has 1 fully saturated rings. The molecule has 0 aliphatic carbocycles. The SMILES string of the molecule is O=C(O)c1cccc(CN2CCCC2CO)n1. The Hall–Kier alpha value is -1.46. The highest BCUT2D eigenvalue weighted by atomic mass is 16.4. The van der Waals surface area contributed by atoms with Gasteiger partial charge in [-0.3, -0.25) is 4.90 Å². The Labute approximate surface area is 99.7 Å². The topological polar surface area (TPSA) is 73.7 Å². The molecular weight excluding hydrogens is 220 g/mol. The predicted octanol–water partition coefficient (Wildman–Crippen LogP) is 0.736. The Morgan fingerprint density at radius 3 is 3.06 bits per heavy atom. The summed E-state index contributed by atoms with van der Waals surface area (Å²) in [5.74, 6) is -1.01. The zero-order chi connectivity index (χ0) is 12.3. The standard InChI is InChI=1S/C12H16N2O3/c15-8-10-4-2-6-14(10)7-9-3-1-5-11(13-9)12(16)17/h1,3,5,10,15H,2,4,6-8H2,(H,16,17). The van der Waals surface area contributed by atoms with Crippen molar-refractivity contribution in [3.8, 4) is 0 Å². The number of hydrogen-bond donors (Lipinski definition) is 2. The van der Waals surface area contributed by atoms with Crippen LogP contribution in [0, 0.1) is 0 Å². The second-order valence-electron chi connectivity index (χ2n) is 4.27. The lowest BCUT2D eigenvalue weighted by atomic mass is 10.2. The van der Waals surface area contributed by atoms with Gasteiger partial charge in [0.2, 0.25) is 0 Å². The molecular formula is C12H16N2O3. The van der Waals surface area contributed by atoms with Crippen molar-refractivity contribution in [2.24, 2.45) is 0 Å². The number of hydrogen-bond acceptors (Lipinski definition) is 4. The van der Waals surface area contributed by atoms with Crippen LogP contribution >= 0.6 is 0 Å². The molecule has 1 aliphatic heterocycles. The third kappa shape index (κ3) is 2.81. The molecule has 1 aliphatic rings. The van der Waals surface area contributed by atoms with E-state index in [2.05, 4.69) is 9.88 Å². The number of aliphatic hydroxyl groups is 1. The summed E-state index contributed by atoms with van der Waals surface area (Å²) in [6, 6.07) is 5.19. The van der Waals surface area contributed by atoms with Crippen LogP contribution in [-0.2, 0) is 6.54 Å². The summed E-state index contributed by atoms with van der Waals surface area (Å²) >= 11 is 0. The van der Waals surface area contributed by atoms with Gasteiger partial charge in [-0.1, -0.05) is 6.07 Å². The summed E-state index contributed by atoms with van der Waals surface area (Å²) in [5, 5.41) is 18.1. The highest BCUT2D eigenvalue weighted by Crippen LogP contribution is 2.18. The van der Waals surface area contributed by atoms with Gasteiger partial charge in [0.05, 0.1) is 12.3 Å². The van der Waals surface area contributed by atoms with Crippen LogP contribution in [-0.4, -0.2) is 45.3 Å². The van der Waals surface area contributed by atoms with Gasteiger partial charge in [-0.25, -0.2) is 9.78 Å². The number of likely N-dealkylation sites (tertiary alicyclic amines) is 1. The minimum Gasteiger partial charge on any atom is -0.477 e. The molecule has 2 rings (SSSR count). The summed E-state index contributed by atoms with van der Waals surface area (Å²) in [7, 11) is 0. The molecule has 0 aromatic carbocycles. The highest BCUT2D eigenvalue weighted by Gasteiger charge is 2.24. The van der Waals surface area contributed by atoms with Gasteiger partial charge >= 0.3 is 5.97 Å². The van der Waals surface area contributed by atoms with Crippen LogP contribution < -0.4 is 0 Å². The van der Waals surface area contributed by atoms with Crippen molar-refractivity contribution in [2.75, 3.05) is 13.2 Å². The first-order valence-corrected chi connectivity index (χ1v) is 5.75. The molecule has 0 radical (unpaired) electrons. The Kier molecular flexibility index (Phi) is 3.71. The quantitative estimate of drug-likeness (QED) is 0.806. The lowest BCUT2D eigenvalue weighted by molar-refractivity contribution is 0.0689. The molecule has 1 unspecified atom stereocenters. The molecule has 5 nitrogen and oxygen atoms in total. The van der Waals surface area contributed by atoms with Gasteiger partial charge in [0.15, 0.2) is 0 Å². The molecule has 2 N–H and O–H groups in total. The van der Waals surface area contributed by atoms with E-state index in [0.717, 1.165) is 25.1 Å². The fourth-order valence-electron chi connectivity index (χ4n) is 2.20. The van der Waals surface area contributed by atoms with Crippen molar-refractivity contribution in [1.82, 2.24) is 9.88 Å². The number of carbonyl (C=O) groups is 1. The van der Waals surface area contributed by atoms with Gasteiger partial charge in [-0.2, -0.15) is 0 Å². The summed E-state index contributed by atoms with van der Waals surface area (Å²) in [4.78, 5) is 17.0. The molecule has 5 heteroatoms. The molecule has 1 atom stereocenters. The van der Waals surface area contributed by atoms with Gasteiger partial charge in [0.25, 0.3) is 0 Å². The van der Waals surface area contributed by atoms with E-state index >= 15 is 0 Å². The number of rotatable bonds is 4. The minimum absolute atomic E-state index is 0.0715. The summed E-state index contributed by atoms with van der Waals surface area (Å²) in [5.41, 5.74) is 0.812. The zero-order valence-corrected chi connectivity index (χ0v) is 9.54. The Balaban J connectivity index is 2.07. The van der Waals surface area contributed by atoms with Gasteiger partial charge in [0.1, 0.15) is 5.69 Å². The maximum absolute atomic E-state index is 10.8. The molecule has 92 valence electrons. The Morgan fingerprint density at radius 1 is 1.53 bits per heavy atom. The van der Waals surface area contributed by atoms with Crippen LogP contribution in [0.3, 0.4) is 0 Å². The molecule has 1 saturated heterocycles. The average Bonchev–Trinajstić information content (AvgIpc) is 2.76. The van der Waals surface area contributed by atoms with Crippen LogP contribution in [0.5, 0.6) is 0 Å². The van der Waals surface area contributed by atoms with Crippen molar-refractivity contribution in [3.63, 3.8) is 0 Å².